The number of rotatable bonds is 0. The van der Waals surface area contributed by atoms with Crippen molar-refractivity contribution in [3.05, 3.63) is 29.8 Å². The van der Waals surface area contributed by atoms with Gasteiger partial charge < -0.3 is 4.99 Å². The number of benzene rings is 1. The summed E-state index contributed by atoms with van der Waals surface area (Å²) in [4.78, 5) is 4.05. The van der Waals surface area contributed by atoms with E-state index in [0.29, 0.717) is 0 Å². The minimum atomic E-state index is 0. The van der Waals surface area contributed by atoms with Crippen molar-refractivity contribution in [2.45, 2.75) is 6.42 Å². The van der Waals surface area contributed by atoms with Crippen LogP contribution in [0.3, 0.4) is 0 Å². The molecule has 0 bridgehead atoms. The van der Waals surface area contributed by atoms with Crippen molar-refractivity contribution in [1.29, 1.82) is 0 Å². The zero-order chi connectivity index (χ0) is 6.10. The first-order valence-corrected chi connectivity index (χ1v) is 2.98. The van der Waals surface area contributed by atoms with Crippen molar-refractivity contribution in [3.63, 3.8) is 0 Å². The molecule has 1 aliphatic rings. The fourth-order valence-electron chi connectivity index (χ4n) is 0.979. The Hall–Kier alpha value is -0.00610. The maximum absolute atomic E-state index is 4.05. The van der Waals surface area contributed by atoms with Gasteiger partial charge in [-0.05, 0) is 0 Å². The van der Waals surface area contributed by atoms with E-state index in [9.17, 15) is 0 Å². The number of para-hydroxylation sites is 1. The molecule has 0 fully saturated rings. The van der Waals surface area contributed by atoms with Crippen molar-refractivity contribution >= 4 is 11.9 Å². The summed E-state index contributed by atoms with van der Waals surface area (Å²) in [6.45, 7) is 0. The smallest absolute Gasteiger partial charge is 0 e. The first-order valence-electron chi connectivity index (χ1n) is 2.98. The quantitative estimate of drug-likeness (QED) is 0.573. The van der Waals surface area contributed by atoms with E-state index < -0.39 is 0 Å². The van der Waals surface area contributed by atoms with E-state index >= 15 is 0 Å². The predicted octanol–water partition coefficient (Wildman–Crippen LogP) is 1.82. The van der Waals surface area contributed by atoms with Gasteiger partial charge in [-0.1, -0.05) is 30.3 Å². The van der Waals surface area contributed by atoms with Crippen LogP contribution in [0.15, 0.2) is 29.3 Å². The minimum absolute atomic E-state index is 0. The van der Waals surface area contributed by atoms with Crippen molar-refractivity contribution in [3.8, 4) is 0 Å². The van der Waals surface area contributed by atoms with Crippen LogP contribution < -0.4 is 0 Å². The zero-order valence-corrected chi connectivity index (χ0v) is 8.38. The third-order valence-electron chi connectivity index (χ3n) is 1.46. The molecule has 0 aromatic heterocycles. The summed E-state index contributed by atoms with van der Waals surface area (Å²) in [5.74, 6) is 0. The van der Waals surface area contributed by atoms with Crippen molar-refractivity contribution < 1.29 is 32.7 Å². The van der Waals surface area contributed by atoms with E-state index in [1.54, 1.807) is 0 Å². The van der Waals surface area contributed by atoms with E-state index in [1.807, 2.05) is 18.2 Å². The SMILES string of the molecule is [C-]1=Nc2ccccc2C1.[Y]. The summed E-state index contributed by atoms with van der Waals surface area (Å²) in [7, 11) is 0. The Morgan fingerprint density at radius 2 is 2.10 bits per heavy atom. The summed E-state index contributed by atoms with van der Waals surface area (Å²) in [5.41, 5.74) is 2.37. The zero-order valence-electron chi connectivity index (χ0n) is 5.54. The maximum Gasteiger partial charge on any atom is 0 e. The van der Waals surface area contributed by atoms with Crippen LogP contribution in [0.25, 0.3) is 0 Å². The van der Waals surface area contributed by atoms with Gasteiger partial charge in [0.2, 0.25) is 0 Å². The van der Waals surface area contributed by atoms with Crippen LogP contribution in [0, 0.1) is 0 Å². The van der Waals surface area contributed by atoms with Gasteiger partial charge in [0.15, 0.2) is 0 Å². The molecule has 1 radical (unpaired) electrons. The van der Waals surface area contributed by atoms with Crippen molar-refractivity contribution in [2.75, 3.05) is 0 Å². The van der Waals surface area contributed by atoms with Gasteiger partial charge in [-0.2, -0.15) is 6.21 Å². The molecule has 1 aromatic rings. The molecule has 1 aliphatic heterocycles. The number of hydrogen-bond donors (Lipinski definition) is 0. The second kappa shape index (κ2) is 3.40. The minimum Gasteiger partial charge on any atom is -0.456 e. The molecule has 47 valence electrons. The Balaban J connectivity index is 0.000000500. The average molecular weight is 205 g/mol. The molecule has 0 unspecified atom stereocenters. The summed E-state index contributed by atoms with van der Waals surface area (Å²) in [6, 6.07) is 8.12. The standard InChI is InChI=1S/C8H6N.Y/c1-2-4-8-7(3-1)5-6-9-8;/h1-4H,5H2;/q-1;. The van der Waals surface area contributed by atoms with Crippen LogP contribution in [0.2, 0.25) is 0 Å². The Morgan fingerprint density at radius 1 is 1.30 bits per heavy atom. The molecule has 0 amide bonds. The van der Waals surface area contributed by atoms with Crippen molar-refractivity contribution in [1.82, 2.24) is 0 Å². The third-order valence-corrected chi connectivity index (χ3v) is 1.46. The molecule has 2 heteroatoms. The van der Waals surface area contributed by atoms with Gasteiger partial charge in [0.05, 0.1) is 0 Å². The van der Waals surface area contributed by atoms with Gasteiger partial charge in [0.25, 0.3) is 0 Å². The Bertz CT molecular complexity index is 255. The number of aliphatic imine (C=N–C) groups is 1. The van der Waals surface area contributed by atoms with Crippen LogP contribution in [-0.4, -0.2) is 6.21 Å². The Labute approximate surface area is 85.4 Å². The van der Waals surface area contributed by atoms with Gasteiger partial charge in [0, 0.05) is 32.7 Å². The normalized spacial score (nSPS) is 12.4. The first-order chi connectivity index (χ1) is 4.47. The van der Waals surface area contributed by atoms with E-state index in [0.717, 1.165) is 12.1 Å². The fraction of sp³-hybridized carbons (Fsp3) is 0.125. The summed E-state index contributed by atoms with van der Waals surface area (Å²) in [5, 5.41) is 0. The largest absolute Gasteiger partial charge is 0.456 e. The molecule has 0 atom stereocenters. The monoisotopic (exact) mass is 205 g/mol. The Kier molecular flexibility index (Phi) is 2.76. The molecule has 0 saturated heterocycles. The summed E-state index contributed by atoms with van der Waals surface area (Å²) in [6.07, 6.45) is 3.80. The molecule has 0 saturated carbocycles. The van der Waals surface area contributed by atoms with E-state index in [2.05, 4.69) is 17.3 Å². The summed E-state index contributed by atoms with van der Waals surface area (Å²) < 4.78 is 0. The van der Waals surface area contributed by atoms with Gasteiger partial charge in [-0.15, -0.1) is 11.6 Å². The predicted molar refractivity (Wildman–Crippen MR) is 37.2 cm³/mol. The Morgan fingerprint density at radius 3 is 2.90 bits per heavy atom. The molecular formula is C8H6NY-. The number of hydrogen-bond acceptors (Lipinski definition) is 1. The molecule has 1 nitrogen and oxygen atoms in total. The third kappa shape index (κ3) is 1.35. The van der Waals surface area contributed by atoms with Gasteiger partial charge in [0.1, 0.15) is 0 Å². The maximum atomic E-state index is 4.05. The molecule has 1 heterocycles. The second-order valence-corrected chi connectivity index (χ2v) is 2.08. The van der Waals surface area contributed by atoms with Gasteiger partial charge >= 0.3 is 0 Å². The van der Waals surface area contributed by atoms with Crippen LogP contribution in [0.4, 0.5) is 5.69 Å². The van der Waals surface area contributed by atoms with Crippen LogP contribution in [0.1, 0.15) is 5.56 Å². The second-order valence-electron chi connectivity index (χ2n) is 2.08. The van der Waals surface area contributed by atoms with Gasteiger partial charge in [-0.25, -0.2) is 0 Å². The van der Waals surface area contributed by atoms with Crippen LogP contribution in [-0.2, 0) is 39.1 Å². The molecule has 0 spiro atoms. The van der Waals surface area contributed by atoms with E-state index in [1.165, 1.54) is 5.56 Å². The van der Waals surface area contributed by atoms with Crippen molar-refractivity contribution in [2.24, 2.45) is 4.99 Å². The molecule has 10 heavy (non-hydrogen) atoms. The van der Waals surface area contributed by atoms with Crippen LogP contribution in [0.5, 0.6) is 0 Å². The molecule has 1 aromatic carbocycles. The summed E-state index contributed by atoms with van der Waals surface area (Å²) >= 11 is 0. The first kappa shape index (κ1) is 8.09. The number of nitrogens with zero attached hydrogens (tertiary/aromatic N) is 1. The molecule has 0 aliphatic carbocycles. The van der Waals surface area contributed by atoms with E-state index in [-0.39, 0.29) is 32.7 Å². The average Bonchev–Trinajstić information content (AvgIpc) is 2.33. The molecule has 2 rings (SSSR count). The molecular weight excluding hydrogens is 199 g/mol. The topological polar surface area (TPSA) is 12.4 Å². The van der Waals surface area contributed by atoms with Gasteiger partial charge in [-0.3, -0.25) is 0 Å². The number of fused-ring (bicyclic) bond motifs is 1. The fourth-order valence-corrected chi connectivity index (χ4v) is 0.979. The van der Waals surface area contributed by atoms with E-state index in [4.69, 9.17) is 0 Å². The molecule has 0 N–H and O–H groups in total. The van der Waals surface area contributed by atoms with Crippen LogP contribution >= 0.6 is 0 Å².